The average molecular weight is 280 g/mol. The van der Waals surface area contributed by atoms with Gasteiger partial charge in [-0.15, -0.1) is 0 Å². The Morgan fingerprint density at radius 1 is 1.30 bits per heavy atom. The number of nitrogens with zero attached hydrogens (tertiary/aromatic N) is 2. The van der Waals surface area contributed by atoms with Crippen LogP contribution in [0.2, 0.25) is 0 Å². The molecule has 1 fully saturated rings. The van der Waals surface area contributed by atoms with Crippen LogP contribution in [0.25, 0.3) is 11.4 Å². The van der Waals surface area contributed by atoms with Crippen LogP contribution < -0.4 is 10.6 Å². The van der Waals surface area contributed by atoms with Crippen molar-refractivity contribution in [2.75, 3.05) is 13.1 Å². The highest BCUT2D eigenvalue weighted by Crippen LogP contribution is 2.21. The van der Waals surface area contributed by atoms with Gasteiger partial charge in [-0.05, 0) is 18.2 Å². The monoisotopic (exact) mass is 280 g/mol. The van der Waals surface area contributed by atoms with E-state index in [2.05, 4.69) is 20.8 Å². The first kappa shape index (κ1) is 12.7. The molecule has 1 saturated heterocycles. The summed E-state index contributed by atoms with van der Waals surface area (Å²) in [5.41, 5.74) is 0.318. The minimum atomic E-state index is -0.975. The number of rotatable bonds is 2. The van der Waals surface area contributed by atoms with Crippen LogP contribution in [0.15, 0.2) is 22.7 Å². The molecule has 20 heavy (non-hydrogen) atoms. The van der Waals surface area contributed by atoms with Crippen LogP contribution in [-0.4, -0.2) is 29.1 Å². The van der Waals surface area contributed by atoms with E-state index in [1.807, 2.05) is 0 Å². The van der Waals surface area contributed by atoms with Crippen molar-refractivity contribution in [2.24, 2.45) is 0 Å². The van der Waals surface area contributed by atoms with E-state index in [4.69, 9.17) is 4.52 Å². The van der Waals surface area contributed by atoms with Gasteiger partial charge in [0, 0.05) is 12.1 Å². The third kappa shape index (κ3) is 2.37. The van der Waals surface area contributed by atoms with Gasteiger partial charge in [-0.1, -0.05) is 5.16 Å². The molecule has 1 unspecified atom stereocenters. The number of aromatic nitrogens is 2. The summed E-state index contributed by atoms with van der Waals surface area (Å²) in [6, 6.07) is 3.07. The number of carbonyl (C=O) groups is 1. The van der Waals surface area contributed by atoms with Gasteiger partial charge in [0.05, 0.1) is 6.54 Å². The van der Waals surface area contributed by atoms with Crippen molar-refractivity contribution in [1.29, 1.82) is 0 Å². The van der Waals surface area contributed by atoms with Crippen molar-refractivity contribution in [3.05, 3.63) is 35.7 Å². The van der Waals surface area contributed by atoms with Gasteiger partial charge >= 0.3 is 0 Å². The Labute approximate surface area is 112 Å². The van der Waals surface area contributed by atoms with Gasteiger partial charge < -0.3 is 9.84 Å². The van der Waals surface area contributed by atoms with Crippen molar-refractivity contribution in [1.82, 2.24) is 20.8 Å². The molecular weight excluding hydrogens is 270 g/mol. The lowest BCUT2D eigenvalue weighted by molar-refractivity contribution is -0.121. The number of amides is 1. The van der Waals surface area contributed by atoms with Crippen LogP contribution in [0, 0.1) is 11.6 Å². The largest absolute Gasteiger partial charge is 0.353 e. The molecule has 0 spiro atoms. The normalized spacial score (nSPS) is 18.9. The zero-order valence-corrected chi connectivity index (χ0v) is 10.2. The highest BCUT2D eigenvalue weighted by atomic mass is 19.2. The third-order valence-corrected chi connectivity index (χ3v) is 2.93. The number of piperazine rings is 1. The van der Waals surface area contributed by atoms with Crippen molar-refractivity contribution in [3.63, 3.8) is 0 Å². The lowest BCUT2D eigenvalue weighted by Crippen LogP contribution is -2.47. The molecule has 2 N–H and O–H groups in total. The van der Waals surface area contributed by atoms with Crippen LogP contribution >= 0.6 is 0 Å². The maximum absolute atomic E-state index is 13.1. The van der Waals surface area contributed by atoms with Crippen LogP contribution in [0.5, 0.6) is 0 Å². The first-order valence-electron chi connectivity index (χ1n) is 5.92. The maximum atomic E-state index is 13.1. The fourth-order valence-electron chi connectivity index (χ4n) is 1.87. The second kappa shape index (κ2) is 4.97. The molecule has 2 aromatic rings. The number of halogens is 2. The number of nitrogens with one attached hydrogen (secondary N) is 2. The highest BCUT2D eigenvalue weighted by molar-refractivity contribution is 5.78. The number of hydrogen-bond acceptors (Lipinski definition) is 5. The summed E-state index contributed by atoms with van der Waals surface area (Å²) in [5, 5.41) is 9.31. The Bertz CT molecular complexity index is 649. The molecule has 1 aliphatic heterocycles. The molecular formula is C12H10F2N4O2. The molecule has 0 aliphatic carbocycles. The second-order valence-electron chi connectivity index (χ2n) is 4.32. The van der Waals surface area contributed by atoms with E-state index in [1.165, 1.54) is 6.07 Å². The molecule has 1 aromatic heterocycles. The molecule has 0 saturated carbocycles. The summed E-state index contributed by atoms with van der Waals surface area (Å²) in [4.78, 5) is 15.1. The summed E-state index contributed by atoms with van der Waals surface area (Å²) >= 11 is 0. The van der Waals surface area contributed by atoms with Crippen LogP contribution in [0.3, 0.4) is 0 Å². The Balaban J connectivity index is 1.82. The van der Waals surface area contributed by atoms with E-state index in [-0.39, 0.29) is 30.2 Å². The zero-order valence-electron chi connectivity index (χ0n) is 10.2. The standard InChI is InChI=1S/C12H10F2N4O2/c13-7-2-1-6(3-8(7)14)11-17-12(20-18-11)9-4-16-10(19)5-15-9/h1-3,9,15H,4-5H2,(H,16,19). The van der Waals surface area contributed by atoms with Gasteiger partial charge in [0.2, 0.25) is 17.6 Å². The summed E-state index contributed by atoms with van der Waals surface area (Å²) in [5.74, 6) is -1.57. The molecule has 0 bridgehead atoms. The fraction of sp³-hybridized carbons (Fsp3) is 0.250. The molecule has 0 radical (unpaired) electrons. The third-order valence-electron chi connectivity index (χ3n) is 2.93. The molecule has 1 aromatic carbocycles. The Hall–Kier alpha value is -2.35. The van der Waals surface area contributed by atoms with E-state index >= 15 is 0 Å². The van der Waals surface area contributed by atoms with Gasteiger partial charge in [-0.3, -0.25) is 10.1 Å². The SMILES string of the molecule is O=C1CNC(c2nc(-c3ccc(F)c(F)c3)no2)CN1. The van der Waals surface area contributed by atoms with Crippen LogP contribution in [0.4, 0.5) is 8.78 Å². The summed E-state index contributed by atoms with van der Waals surface area (Å²) < 4.78 is 31.1. The predicted octanol–water partition coefficient (Wildman–Crippen LogP) is 0.775. The van der Waals surface area contributed by atoms with Crippen molar-refractivity contribution in [3.8, 4) is 11.4 Å². The predicted molar refractivity (Wildman–Crippen MR) is 63.4 cm³/mol. The summed E-state index contributed by atoms with van der Waals surface area (Å²) in [6.45, 7) is 0.492. The molecule has 2 heterocycles. The van der Waals surface area contributed by atoms with Gasteiger partial charge in [-0.25, -0.2) is 8.78 Å². The minimum Gasteiger partial charge on any atom is -0.353 e. The molecule has 1 amide bonds. The summed E-state index contributed by atoms with van der Waals surface area (Å²) in [7, 11) is 0. The van der Waals surface area contributed by atoms with Crippen molar-refractivity contribution in [2.45, 2.75) is 6.04 Å². The van der Waals surface area contributed by atoms with E-state index < -0.39 is 11.6 Å². The molecule has 8 heteroatoms. The highest BCUT2D eigenvalue weighted by Gasteiger charge is 2.24. The van der Waals surface area contributed by atoms with Crippen molar-refractivity contribution < 1.29 is 18.1 Å². The first-order chi connectivity index (χ1) is 9.63. The maximum Gasteiger partial charge on any atom is 0.245 e. The molecule has 1 aliphatic rings. The average Bonchev–Trinajstić information content (AvgIpc) is 2.92. The number of hydrogen-bond donors (Lipinski definition) is 2. The molecule has 3 rings (SSSR count). The number of benzene rings is 1. The minimum absolute atomic E-state index is 0.110. The van der Waals surface area contributed by atoms with Crippen LogP contribution in [-0.2, 0) is 4.79 Å². The van der Waals surface area contributed by atoms with Gasteiger partial charge in [0.15, 0.2) is 11.6 Å². The van der Waals surface area contributed by atoms with Gasteiger partial charge in [0.25, 0.3) is 0 Å². The first-order valence-corrected chi connectivity index (χ1v) is 5.92. The zero-order chi connectivity index (χ0) is 14.1. The van der Waals surface area contributed by atoms with E-state index in [0.29, 0.717) is 12.1 Å². The quantitative estimate of drug-likeness (QED) is 0.849. The second-order valence-corrected chi connectivity index (χ2v) is 4.32. The van der Waals surface area contributed by atoms with E-state index in [1.54, 1.807) is 0 Å². The van der Waals surface area contributed by atoms with Crippen LogP contribution in [0.1, 0.15) is 11.9 Å². The lowest BCUT2D eigenvalue weighted by atomic mass is 10.2. The molecule has 1 atom stereocenters. The van der Waals surface area contributed by atoms with Gasteiger partial charge in [-0.2, -0.15) is 4.98 Å². The fourth-order valence-corrected chi connectivity index (χ4v) is 1.87. The lowest BCUT2D eigenvalue weighted by Gasteiger charge is -2.20. The molecule has 6 nitrogen and oxygen atoms in total. The van der Waals surface area contributed by atoms with Gasteiger partial charge in [0.1, 0.15) is 6.04 Å². The smallest absolute Gasteiger partial charge is 0.245 e. The Morgan fingerprint density at radius 3 is 2.85 bits per heavy atom. The number of carbonyl (C=O) groups excluding carboxylic acids is 1. The summed E-state index contributed by atoms with van der Waals surface area (Å²) in [6.07, 6.45) is 0. The topological polar surface area (TPSA) is 80.1 Å². The van der Waals surface area contributed by atoms with E-state index in [9.17, 15) is 13.6 Å². The molecule has 104 valence electrons. The van der Waals surface area contributed by atoms with Crippen molar-refractivity contribution >= 4 is 5.91 Å². The Kier molecular flexibility index (Phi) is 3.15. The Morgan fingerprint density at radius 2 is 2.15 bits per heavy atom. The van der Waals surface area contributed by atoms with E-state index in [0.717, 1.165) is 12.1 Å².